The number of quaternary nitrogens is 1. The monoisotopic (exact) mass is 308 g/mol. The Kier molecular flexibility index (Phi) is 5.29. The zero-order valence-corrected chi connectivity index (χ0v) is 12.6. The molecule has 0 unspecified atom stereocenters. The van der Waals surface area contributed by atoms with Gasteiger partial charge in [-0.3, -0.25) is 14.6 Å². The van der Waals surface area contributed by atoms with Crippen LogP contribution < -0.4 is 16.9 Å². The van der Waals surface area contributed by atoms with E-state index in [2.05, 4.69) is 0 Å². The first-order valence-corrected chi connectivity index (χ1v) is 6.24. The molecule has 0 aliphatic heterocycles. The van der Waals surface area contributed by atoms with Gasteiger partial charge in [-0.05, 0) is 24.3 Å². The van der Waals surface area contributed by atoms with Crippen molar-refractivity contribution in [1.82, 2.24) is 4.48 Å². The summed E-state index contributed by atoms with van der Waals surface area (Å²) >= 11 is 0. The molecule has 0 aliphatic rings. The van der Waals surface area contributed by atoms with E-state index in [4.69, 9.17) is 0 Å². The lowest BCUT2D eigenvalue weighted by molar-refractivity contribution is -0.384. The number of nitro benzene ring substituents is 1. The number of benzene rings is 2. The van der Waals surface area contributed by atoms with E-state index in [1.807, 2.05) is 20.2 Å². The number of nitro groups is 1. The number of non-ortho nitro benzene ring substituents is 1. The maximum atomic E-state index is 10.6. The van der Waals surface area contributed by atoms with E-state index in [1.54, 1.807) is 30.3 Å². The van der Waals surface area contributed by atoms with E-state index < -0.39 is 4.92 Å². The summed E-state index contributed by atoms with van der Waals surface area (Å²) in [5.41, 5.74) is 2.07. The van der Waals surface area contributed by atoms with Crippen LogP contribution in [-0.2, 0) is 6.54 Å². The van der Waals surface area contributed by atoms with Crippen LogP contribution in [0.1, 0.15) is 5.56 Å². The lowest BCUT2D eigenvalue weighted by Gasteiger charge is -2.29. The molecule has 0 radical (unpaired) electrons. The van der Waals surface area contributed by atoms with Crippen LogP contribution in [0.3, 0.4) is 0 Å². The SMILES string of the molecule is C[N+](C)(Cc1ccc([N+](=O)[O-])cc1)c1cccc(O)c1.[Cl-]. The Labute approximate surface area is 129 Å². The van der Waals surface area contributed by atoms with Gasteiger partial charge in [-0.2, -0.15) is 0 Å². The molecule has 0 saturated heterocycles. The molecule has 112 valence electrons. The molecule has 0 fully saturated rings. The maximum absolute atomic E-state index is 10.6. The van der Waals surface area contributed by atoms with Gasteiger partial charge in [-0.15, -0.1) is 0 Å². The Morgan fingerprint density at radius 2 is 1.76 bits per heavy atom. The fourth-order valence-electron chi connectivity index (χ4n) is 2.14. The molecule has 0 spiro atoms. The van der Waals surface area contributed by atoms with Crippen LogP contribution in [0.4, 0.5) is 11.4 Å². The predicted molar refractivity (Wildman–Crippen MR) is 78.5 cm³/mol. The molecular weight excluding hydrogens is 292 g/mol. The zero-order chi connectivity index (χ0) is 14.8. The van der Waals surface area contributed by atoms with Crippen molar-refractivity contribution in [3.63, 3.8) is 0 Å². The van der Waals surface area contributed by atoms with Gasteiger partial charge in [-0.1, -0.05) is 6.07 Å². The van der Waals surface area contributed by atoms with Crippen LogP contribution in [0.25, 0.3) is 0 Å². The summed E-state index contributed by atoms with van der Waals surface area (Å²) in [5.74, 6) is 0.234. The Balaban J connectivity index is 0.00000220. The Morgan fingerprint density at radius 3 is 2.29 bits per heavy atom. The van der Waals surface area contributed by atoms with Crippen molar-refractivity contribution in [2.75, 3.05) is 14.1 Å². The molecule has 21 heavy (non-hydrogen) atoms. The van der Waals surface area contributed by atoms with E-state index in [9.17, 15) is 15.2 Å². The van der Waals surface area contributed by atoms with Crippen LogP contribution in [0.2, 0.25) is 0 Å². The van der Waals surface area contributed by atoms with E-state index in [1.165, 1.54) is 12.1 Å². The summed E-state index contributed by atoms with van der Waals surface area (Å²) in [5, 5.41) is 20.2. The Hall–Kier alpha value is -2.11. The number of halogens is 1. The molecule has 2 aromatic rings. The first kappa shape index (κ1) is 16.9. The van der Waals surface area contributed by atoms with E-state index in [0.717, 1.165) is 11.3 Å². The second-order valence-corrected chi connectivity index (χ2v) is 5.29. The van der Waals surface area contributed by atoms with Crippen molar-refractivity contribution >= 4 is 11.4 Å². The van der Waals surface area contributed by atoms with E-state index in [-0.39, 0.29) is 23.8 Å². The molecule has 0 saturated carbocycles. The summed E-state index contributed by atoms with van der Waals surface area (Å²) < 4.78 is 0.548. The van der Waals surface area contributed by atoms with Gasteiger partial charge in [0, 0.05) is 23.8 Å². The minimum Gasteiger partial charge on any atom is -1.00 e. The molecule has 5 nitrogen and oxygen atoms in total. The summed E-state index contributed by atoms with van der Waals surface area (Å²) in [7, 11) is 4.05. The largest absolute Gasteiger partial charge is 1.00 e. The number of phenols is 1. The molecule has 0 aliphatic carbocycles. The quantitative estimate of drug-likeness (QED) is 0.494. The molecular formula is C15H17ClN2O3. The van der Waals surface area contributed by atoms with E-state index in [0.29, 0.717) is 11.0 Å². The summed E-state index contributed by atoms with van der Waals surface area (Å²) in [4.78, 5) is 10.2. The number of phenolic OH excluding ortho intramolecular Hbond substituents is 1. The summed E-state index contributed by atoms with van der Waals surface area (Å²) in [6, 6.07) is 13.7. The van der Waals surface area contributed by atoms with Gasteiger partial charge >= 0.3 is 0 Å². The summed E-state index contributed by atoms with van der Waals surface area (Å²) in [6.45, 7) is 0.682. The van der Waals surface area contributed by atoms with Crippen molar-refractivity contribution in [3.8, 4) is 5.75 Å². The van der Waals surface area contributed by atoms with Gasteiger partial charge in [0.05, 0.1) is 19.0 Å². The Bertz CT molecular complexity index is 627. The van der Waals surface area contributed by atoms with Crippen molar-refractivity contribution < 1.29 is 22.4 Å². The van der Waals surface area contributed by atoms with Gasteiger partial charge in [0.1, 0.15) is 18.0 Å². The topological polar surface area (TPSA) is 63.4 Å². The van der Waals surface area contributed by atoms with Gasteiger partial charge in [0.15, 0.2) is 0 Å². The molecule has 2 aromatic carbocycles. The summed E-state index contributed by atoms with van der Waals surface area (Å²) in [6.07, 6.45) is 0. The molecule has 1 N–H and O–H groups in total. The molecule has 0 heterocycles. The third-order valence-electron chi connectivity index (χ3n) is 3.25. The number of hydrogen-bond donors (Lipinski definition) is 1. The lowest BCUT2D eigenvalue weighted by atomic mass is 10.1. The predicted octanol–water partition coefficient (Wildman–Crippen LogP) is 0.0715. The molecule has 0 amide bonds. The van der Waals surface area contributed by atoms with Crippen molar-refractivity contribution in [2.24, 2.45) is 0 Å². The number of aromatic hydroxyl groups is 1. The standard InChI is InChI=1S/C15H16N2O3.ClH/c1-17(2,14-4-3-5-15(18)10-14)11-12-6-8-13(9-7-12)16(19)20;/h3-10H,11H2,1-2H3;1H. The molecule has 0 bridgehead atoms. The second kappa shape index (κ2) is 6.56. The second-order valence-electron chi connectivity index (χ2n) is 5.29. The molecule has 0 aromatic heterocycles. The van der Waals surface area contributed by atoms with Crippen LogP contribution in [0, 0.1) is 10.1 Å². The van der Waals surface area contributed by atoms with Gasteiger partial charge in [-0.25, -0.2) is 0 Å². The van der Waals surface area contributed by atoms with Crippen molar-refractivity contribution in [3.05, 3.63) is 64.2 Å². The fourth-order valence-corrected chi connectivity index (χ4v) is 2.14. The molecule has 2 rings (SSSR count). The Morgan fingerprint density at radius 1 is 1.14 bits per heavy atom. The minimum absolute atomic E-state index is 0. The maximum Gasteiger partial charge on any atom is 0.269 e. The molecule has 0 atom stereocenters. The fraction of sp³-hybridized carbons (Fsp3) is 0.200. The highest BCUT2D eigenvalue weighted by Crippen LogP contribution is 2.26. The van der Waals surface area contributed by atoms with Crippen LogP contribution in [0.5, 0.6) is 5.75 Å². The van der Waals surface area contributed by atoms with Gasteiger partial charge < -0.3 is 17.5 Å². The van der Waals surface area contributed by atoms with Crippen LogP contribution in [0.15, 0.2) is 48.5 Å². The number of rotatable bonds is 4. The number of nitrogens with zero attached hydrogens (tertiary/aromatic N) is 2. The molecule has 6 heteroatoms. The van der Waals surface area contributed by atoms with Crippen molar-refractivity contribution in [2.45, 2.75) is 6.54 Å². The minimum atomic E-state index is -0.404. The smallest absolute Gasteiger partial charge is 0.269 e. The van der Waals surface area contributed by atoms with E-state index >= 15 is 0 Å². The van der Waals surface area contributed by atoms with Crippen molar-refractivity contribution in [1.29, 1.82) is 0 Å². The third kappa shape index (κ3) is 4.18. The van der Waals surface area contributed by atoms with Gasteiger partial charge in [0.25, 0.3) is 5.69 Å². The first-order chi connectivity index (χ1) is 9.38. The van der Waals surface area contributed by atoms with Crippen LogP contribution >= 0.6 is 0 Å². The average molecular weight is 309 g/mol. The van der Waals surface area contributed by atoms with Gasteiger partial charge in [0.2, 0.25) is 0 Å². The lowest BCUT2D eigenvalue weighted by Crippen LogP contribution is -3.00. The number of hydrogen-bond acceptors (Lipinski definition) is 3. The first-order valence-electron chi connectivity index (χ1n) is 6.24. The normalized spacial score (nSPS) is 10.8. The van der Waals surface area contributed by atoms with Crippen LogP contribution in [-0.4, -0.2) is 24.1 Å². The highest BCUT2D eigenvalue weighted by atomic mass is 35.5. The highest BCUT2D eigenvalue weighted by molar-refractivity contribution is 5.47. The zero-order valence-electron chi connectivity index (χ0n) is 11.9. The highest BCUT2D eigenvalue weighted by Gasteiger charge is 2.20. The third-order valence-corrected chi connectivity index (χ3v) is 3.25. The average Bonchev–Trinajstić information content (AvgIpc) is 2.39.